The second kappa shape index (κ2) is 12.1. The number of anilines is 3. The first kappa shape index (κ1) is 25.9. The van der Waals surface area contributed by atoms with Gasteiger partial charge in [0, 0.05) is 58.2 Å². The van der Waals surface area contributed by atoms with Gasteiger partial charge in [-0.2, -0.15) is 0 Å². The molecule has 1 aliphatic rings. The van der Waals surface area contributed by atoms with Crippen molar-refractivity contribution in [3.05, 3.63) is 41.2 Å². The number of pyridine rings is 2. The number of carbonyl (C=O) groups is 2. The Morgan fingerprint density at radius 1 is 1.40 bits per heavy atom. The van der Waals surface area contributed by atoms with Gasteiger partial charge < -0.3 is 30.3 Å². The normalized spacial score (nSPS) is 14.8. The topological polar surface area (TPSA) is 123 Å². The number of aliphatic hydroxyl groups excluding tert-OH is 1. The highest BCUT2D eigenvalue weighted by Gasteiger charge is 2.23. The summed E-state index contributed by atoms with van der Waals surface area (Å²) < 4.78 is 5.05. The lowest BCUT2D eigenvalue weighted by molar-refractivity contribution is -0.136. The van der Waals surface area contributed by atoms with Crippen LogP contribution in [0.3, 0.4) is 0 Å². The van der Waals surface area contributed by atoms with Crippen LogP contribution in [-0.4, -0.2) is 97.4 Å². The van der Waals surface area contributed by atoms with Crippen molar-refractivity contribution in [3.8, 4) is 12.3 Å². The molecule has 1 unspecified atom stereocenters. The van der Waals surface area contributed by atoms with E-state index in [1.54, 1.807) is 37.3 Å². The quantitative estimate of drug-likeness (QED) is 0.180. The van der Waals surface area contributed by atoms with Gasteiger partial charge in [0.05, 0.1) is 24.4 Å². The minimum Gasteiger partial charge on any atom is -0.383 e. The summed E-state index contributed by atoms with van der Waals surface area (Å²) in [4.78, 5) is 37.8. The number of aromatic nitrogens is 2. The summed E-state index contributed by atoms with van der Waals surface area (Å²) in [7, 11) is 5.14. The number of hydrogen-bond donors (Lipinski definition) is 3. The number of piperazine rings is 1. The summed E-state index contributed by atoms with van der Waals surface area (Å²) in [6.07, 6.45) is 6.54. The summed E-state index contributed by atoms with van der Waals surface area (Å²) in [5.41, 5.74) is 2.13. The third-order valence-electron chi connectivity index (χ3n) is 5.67. The van der Waals surface area contributed by atoms with Crippen LogP contribution in [0.1, 0.15) is 21.6 Å². The highest BCUT2D eigenvalue weighted by molar-refractivity contribution is 5.80. The Kier molecular flexibility index (Phi) is 8.97. The monoisotopic (exact) mass is 481 g/mol. The number of aliphatic hydroxyl groups is 1. The number of rotatable bonds is 11. The second-order valence-corrected chi connectivity index (χ2v) is 8.19. The SMILES string of the molecule is C#Cc1cnc(NC(O)N(C)c2ccc(CN3CCN(C)CC3=O)c(C=O)n2)cc1NCCOC. The average Bonchev–Trinajstić information content (AvgIpc) is 2.85. The molecule has 2 aromatic heterocycles. The molecule has 186 valence electrons. The van der Waals surface area contributed by atoms with Gasteiger partial charge >= 0.3 is 0 Å². The van der Waals surface area contributed by atoms with E-state index in [4.69, 9.17) is 11.2 Å². The minimum absolute atomic E-state index is 0.0100. The maximum absolute atomic E-state index is 12.3. The molecule has 1 atom stereocenters. The Morgan fingerprint density at radius 2 is 2.20 bits per heavy atom. The van der Waals surface area contributed by atoms with Crippen molar-refractivity contribution >= 4 is 29.5 Å². The van der Waals surface area contributed by atoms with Crippen LogP contribution < -0.4 is 15.5 Å². The maximum atomic E-state index is 12.3. The largest absolute Gasteiger partial charge is 0.383 e. The van der Waals surface area contributed by atoms with Gasteiger partial charge in [-0.15, -0.1) is 6.42 Å². The number of nitrogens with zero attached hydrogens (tertiary/aromatic N) is 5. The van der Waals surface area contributed by atoms with E-state index in [0.29, 0.717) is 67.5 Å². The van der Waals surface area contributed by atoms with E-state index in [1.807, 2.05) is 11.9 Å². The zero-order valence-electron chi connectivity index (χ0n) is 20.2. The number of terminal acetylenes is 1. The number of aldehydes is 1. The Labute approximate surface area is 205 Å². The summed E-state index contributed by atoms with van der Waals surface area (Å²) >= 11 is 0. The molecule has 0 radical (unpaired) electrons. The summed E-state index contributed by atoms with van der Waals surface area (Å²) in [6, 6.07) is 5.14. The molecule has 0 saturated carbocycles. The molecule has 1 aliphatic heterocycles. The van der Waals surface area contributed by atoms with Crippen molar-refractivity contribution in [2.75, 3.05) is 69.5 Å². The molecule has 0 aliphatic carbocycles. The summed E-state index contributed by atoms with van der Waals surface area (Å²) in [6.45, 7) is 3.08. The Hall–Kier alpha value is -3.72. The van der Waals surface area contributed by atoms with Crippen molar-refractivity contribution in [3.63, 3.8) is 0 Å². The fourth-order valence-corrected chi connectivity index (χ4v) is 3.56. The van der Waals surface area contributed by atoms with E-state index in [2.05, 4.69) is 26.5 Å². The van der Waals surface area contributed by atoms with Gasteiger partial charge in [0.15, 0.2) is 6.29 Å². The maximum Gasteiger partial charge on any atom is 0.237 e. The van der Waals surface area contributed by atoms with Crippen molar-refractivity contribution in [1.82, 2.24) is 19.8 Å². The lowest BCUT2D eigenvalue weighted by atomic mass is 10.1. The van der Waals surface area contributed by atoms with Crippen molar-refractivity contribution in [2.24, 2.45) is 0 Å². The van der Waals surface area contributed by atoms with Crippen LogP contribution in [0.15, 0.2) is 24.4 Å². The van der Waals surface area contributed by atoms with E-state index in [9.17, 15) is 14.7 Å². The number of likely N-dealkylation sites (N-methyl/N-ethyl adjacent to an activating group) is 1. The molecule has 3 N–H and O–H groups in total. The summed E-state index contributed by atoms with van der Waals surface area (Å²) in [5, 5.41) is 16.8. The zero-order valence-corrected chi connectivity index (χ0v) is 20.2. The number of nitrogens with one attached hydrogen (secondary N) is 2. The molecular formula is C24H31N7O4. The number of amides is 1. The standard InChI is InChI=1S/C24H31N7O4/c1-5-17-13-26-21(12-19(17)25-8-11-35-4)28-24(34)30(3)22-7-6-18(20(16-32)27-22)14-31-10-9-29(2)15-23(31)33/h1,6-7,12-13,16,24,34H,8-11,14-15H2,2-4H3,(H2,25,26,28). The number of hydrogen-bond acceptors (Lipinski definition) is 10. The summed E-state index contributed by atoms with van der Waals surface area (Å²) in [5.74, 6) is 3.34. The van der Waals surface area contributed by atoms with E-state index >= 15 is 0 Å². The fraction of sp³-hybridized carbons (Fsp3) is 0.417. The number of carbonyl (C=O) groups excluding carboxylic acids is 2. The third-order valence-corrected chi connectivity index (χ3v) is 5.67. The van der Waals surface area contributed by atoms with Crippen LogP contribution >= 0.6 is 0 Å². The molecular weight excluding hydrogens is 450 g/mol. The molecule has 11 heteroatoms. The highest BCUT2D eigenvalue weighted by Crippen LogP contribution is 2.21. The van der Waals surface area contributed by atoms with E-state index in [1.165, 1.54) is 11.1 Å². The minimum atomic E-state index is -1.19. The van der Waals surface area contributed by atoms with E-state index < -0.39 is 6.35 Å². The third kappa shape index (κ3) is 6.66. The van der Waals surface area contributed by atoms with Gasteiger partial charge in [-0.25, -0.2) is 9.97 Å². The van der Waals surface area contributed by atoms with Gasteiger partial charge in [-0.3, -0.25) is 14.5 Å². The van der Waals surface area contributed by atoms with Crippen molar-refractivity contribution < 1.29 is 19.4 Å². The lowest BCUT2D eigenvalue weighted by Crippen LogP contribution is -2.48. The van der Waals surface area contributed by atoms with Crippen LogP contribution in [0.25, 0.3) is 0 Å². The number of methoxy groups -OCH3 is 1. The molecule has 2 aromatic rings. The van der Waals surface area contributed by atoms with E-state index in [0.717, 1.165) is 6.54 Å². The lowest BCUT2D eigenvalue weighted by Gasteiger charge is -2.32. The molecule has 0 spiro atoms. The molecule has 1 amide bonds. The highest BCUT2D eigenvalue weighted by atomic mass is 16.5. The molecule has 0 aromatic carbocycles. The van der Waals surface area contributed by atoms with Gasteiger partial charge in [-0.05, 0) is 13.1 Å². The van der Waals surface area contributed by atoms with Crippen molar-refractivity contribution in [2.45, 2.75) is 12.9 Å². The first-order chi connectivity index (χ1) is 16.9. The average molecular weight is 482 g/mol. The van der Waals surface area contributed by atoms with Crippen LogP contribution in [0, 0.1) is 12.3 Å². The first-order valence-corrected chi connectivity index (χ1v) is 11.1. The van der Waals surface area contributed by atoms with Crippen LogP contribution in [0.4, 0.5) is 17.3 Å². The smallest absolute Gasteiger partial charge is 0.237 e. The zero-order chi connectivity index (χ0) is 25.4. The van der Waals surface area contributed by atoms with E-state index in [-0.39, 0.29) is 11.6 Å². The predicted molar refractivity (Wildman–Crippen MR) is 133 cm³/mol. The molecule has 35 heavy (non-hydrogen) atoms. The van der Waals surface area contributed by atoms with Crippen LogP contribution in [0.2, 0.25) is 0 Å². The predicted octanol–water partition coefficient (Wildman–Crippen LogP) is 0.427. The van der Waals surface area contributed by atoms with Gasteiger partial charge in [0.25, 0.3) is 0 Å². The van der Waals surface area contributed by atoms with Gasteiger partial charge in [0.2, 0.25) is 12.3 Å². The molecule has 3 heterocycles. The van der Waals surface area contributed by atoms with Gasteiger partial charge in [-0.1, -0.05) is 12.0 Å². The molecule has 3 rings (SSSR count). The fourth-order valence-electron chi connectivity index (χ4n) is 3.56. The molecule has 1 saturated heterocycles. The Balaban J connectivity index is 1.70. The Bertz CT molecular complexity index is 1090. The molecule has 11 nitrogen and oxygen atoms in total. The Morgan fingerprint density at radius 3 is 2.89 bits per heavy atom. The molecule has 1 fully saturated rings. The first-order valence-electron chi connectivity index (χ1n) is 11.1. The molecule has 0 bridgehead atoms. The van der Waals surface area contributed by atoms with Crippen LogP contribution in [0.5, 0.6) is 0 Å². The van der Waals surface area contributed by atoms with Crippen LogP contribution in [-0.2, 0) is 16.1 Å². The van der Waals surface area contributed by atoms with Gasteiger partial charge in [0.1, 0.15) is 17.3 Å². The second-order valence-electron chi connectivity index (χ2n) is 8.19. The number of ether oxygens (including phenoxy) is 1. The van der Waals surface area contributed by atoms with Crippen molar-refractivity contribution in [1.29, 1.82) is 0 Å².